The highest BCUT2D eigenvalue weighted by Gasteiger charge is 2.59. The van der Waals surface area contributed by atoms with E-state index < -0.39 is 5.97 Å². The number of hydrogen-bond acceptors (Lipinski definition) is 2. The second-order valence-electron chi connectivity index (χ2n) is 9.88. The Bertz CT molecular complexity index is 690. The molecule has 0 heterocycles. The molecule has 4 aliphatic rings. The standard InChI is InChI=1S/C23H32O3/c1-14-12-16-13-17(24)8-10-23(16,3)19-9-11-22(2)15(5-7-20(25)26)4-6-18(22)21(14)19/h13,15,18-19,21H,1,4-12H2,2-3H3,(H,25,26)/t15-,18+,19+,21+,22-,23+/m1/s1. The van der Waals surface area contributed by atoms with E-state index in [-0.39, 0.29) is 10.8 Å². The molecular weight excluding hydrogens is 324 g/mol. The van der Waals surface area contributed by atoms with Crippen LogP contribution in [0.3, 0.4) is 0 Å². The lowest BCUT2D eigenvalue weighted by atomic mass is 9.46. The Balaban J connectivity index is 1.63. The van der Waals surface area contributed by atoms with Crippen LogP contribution in [-0.4, -0.2) is 16.9 Å². The minimum atomic E-state index is -0.665. The van der Waals surface area contributed by atoms with Crippen molar-refractivity contribution in [2.75, 3.05) is 0 Å². The maximum absolute atomic E-state index is 12.0. The van der Waals surface area contributed by atoms with Gasteiger partial charge in [0.1, 0.15) is 0 Å². The molecule has 4 rings (SSSR count). The predicted octanol–water partition coefficient (Wildman–Crippen LogP) is 5.17. The fraction of sp³-hybridized carbons (Fsp3) is 0.739. The summed E-state index contributed by atoms with van der Waals surface area (Å²) in [5.41, 5.74) is 3.11. The van der Waals surface area contributed by atoms with Gasteiger partial charge in [0.25, 0.3) is 0 Å². The lowest BCUT2D eigenvalue weighted by molar-refractivity contribution is -0.137. The first-order chi connectivity index (χ1) is 12.3. The summed E-state index contributed by atoms with van der Waals surface area (Å²) in [6.45, 7) is 9.32. The van der Waals surface area contributed by atoms with E-state index in [1.54, 1.807) is 0 Å². The van der Waals surface area contributed by atoms with Crippen molar-refractivity contribution < 1.29 is 14.7 Å². The minimum absolute atomic E-state index is 0.167. The van der Waals surface area contributed by atoms with E-state index in [2.05, 4.69) is 20.4 Å². The Morgan fingerprint density at radius 1 is 1.23 bits per heavy atom. The first-order valence-corrected chi connectivity index (χ1v) is 10.4. The van der Waals surface area contributed by atoms with Crippen molar-refractivity contribution in [2.45, 2.75) is 71.6 Å². The highest BCUT2D eigenvalue weighted by Crippen LogP contribution is 2.67. The van der Waals surface area contributed by atoms with Crippen molar-refractivity contribution in [2.24, 2.45) is 34.5 Å². The van der Waals surface area contributed by atoms with Gasteiger partial charge in [-0.15, -0.1) is 0 Å². The molecule has 4 aliphatic carbocycles. The Hall–Kier alpha value is -1.38. The van der Waals surface area contributed by atoms with Gasteiger partial charge in [0.05, 0.1) is 0 Å². The summed E-state index contributed by atoms with van der Waals surface area (Å²) in [6.07, 6.45) is 10.4. The van der Waals surface area contributed by atoms with E-state index in [0.717, 1.165) is 19.3 Å². The summed E-state index contributed by atoms with van der Waals surface area (Å²) >= 11 is 0. The maximum Gasteiger partial charge on any atom is 0.303 e. The zero-order valence-corrected chi connectivity index (χ0v) is 16.2. The number of hydrogen-bond donors (Lipinski definition) is 1. The molecule has 142 valence electrons. The molecule has 3 nitrogen and oxygen atoms in total. The highest BCUT2D eigenvalue weighted by molar-refractivity contribution is 5.91. The lowest BCUT2D eigenvalue weighted by Crippen LogP contribution is -2.51. The van der Waals surface area contributed by atoms with Crippen LogP contribution in [0.2, 0.25) is 0 Å². The molecule has 0 spiro atoms. The first-order valence-electron chi connectivity index (χ1n) is 10.4. The van der Waals surface area contributed by atoms with Gasteiger partial charge in [-0.05, 0) is 85.5 Å². The van der Waals surface area contributed by atoms with E-state index in [4.69, 9.17) is 5.11 Å². The Labute approximate surface area is 156 Å². The van der Waals surface area contributed by atoms with E-state index in [1.165, 1.54) is 36.8 Å². The van der Waals surface area contributed by atoms with Crippen LogP contribution in [0.5, 0.6) is 0 Å². The summed E-state index contributed by atoms with van der Waals surface area (Å²) in [6, 6.07) is 0. The van der Waals surface area contributed by atoms with Crippen LogP contribution >= 0.6 is 0 Å². The average molecular weight is 357 g/mol. The van der Waals surface area contributed by atoms with Gasteiger partial charge < -0.3 is 5.11 Å². The molecule has 0 saturated heterocycles. The number of aliphatic carboxylic acids is 1. The number of carbonyl (C=O) groups excluding carboxylic acids is 1. The highest BCUT2D eigenvalue weighted by atomic mass is 16.4. The molecule has 0 unspecified atom stereocenters. The van der Waals surface area contributed by atoms with Crippen LogP contribution in [0.15, 0.2) is 23.8 Å². The number of allylic oxidation sites excluding steroid dienone is 2. The third-order valence-corrected chi connectivity index (χ3v) is 8.84. The molecule has 3 fully saturated rings. The van der Waals surface area contributed by atoms with Gasteiger partial charge in [0, 0.05) is 12.8 Å². The van der Waals surface area contributed by atoms with Crippen molar-refractivity contribution in [3.63, 3.8) is 0 Å². The van der Waals surface area contributed by atoms with Crippen molar-refractivity contribution in [1.82, 2.24) is 0 Å². The van der Waals surface area contributed by atoms with Crippen LogP contribution in [0.25, 0.3) is 0 Å². The normalized spacial score (nSPS) is 44.8. The molecule has 6 atom stereocenters. The van der Waals surface area contributed by atoms with Crippen LogP contribution in [-0.2, 0) is 9.59 Å². The molecule has 0 aromatic carbocycles. The summed E-state index contributed by atoms with van der Waals surface area (Å²) in [5.74, 6) is 1.97. The first kappa shape index (κ1) is 18.0. The number of rotatable bonds is 3. The number of carboxylic acid groups (broad SMARTS) is 1. The largest absolute Gasteiger partial charge is 0.481 e. The van der Waals surface area contributed by atoms with Crippen LogP contribution in [0.1, 0.15) is 71.6 Å². The topological polar surface area (TPSA) is 54.4 Å². The van der Waals surface area contributed by atoms with Crippen LogP contribution < -0.4 is 0 Å². The number of carbonyl (C=O) groups is 2. The molecule has 0 aliphatic heterocycles. The Kier molecular flexibility index (Phi) is 4.20. The quantitative estimate of drug-likeness (QED) is 0.710. The van der Waals surface area contributed by atoms with E-state index >= 15 is 0 Å². The van der Waals surface area contributed by atoms with E-state index in [0.29, 0.717) is 42.3 Å². The maximum atomic E-state index is 12.0. The Morgan fingerprint density at radius 3 is 2.73 bits per heavy atom. The average Bonchev–Trinajstić information content (AvgIpc) is 2.91. The van der Waals surface area contributed by atoms with E-state index in [1.807, 2.05) is 6.08 Å². The molecular formula is C23H32O3. The second-order valence-corrected chi connectivity index (χ2v) is 9.88. The van der Waals surface area contributed by atoms with Gasteiger partial charge in [-0.25, -0.2) is 0 Å². The molecule has 0 bridgehead atoms. The van der Waals surface area contributed by atoms with Gasteiger partial charge in [0.15, 0.2) is 5.78 Å². The molecule has 26 heavy (non-hydrogen) atoms. The molecule has 0 radical (unpaired) electrons. The fourth-order valence-corrected chi connectivity index (χ4v) is 7.32. The Morgan fingerprint density at radius 2 is 2.00 bits per heavy atom. The van der Waals surface area contributed by atoms with Gasteiger partial charge in [-0.1, -0.05) is 31.6 Å². The molecule has 0 aromatic heterocycles. The number of ketones is 1. The fourth-order valence-electron chi connectivity index (χ4n) is 7.32. The monoisotopic (exact) mass is 356 g/mol. The van der Waals surface area contributed by atoms with Gasteiger partial charge in [0.2, 0.25) is 0 Å². The lowest BCUT2D eigenvalue weighted by Gasteiger charge is -2.58. The minimum Gasteiger partial charge on any atom is -0.481 e. The molecule has 1 N–H and O–H groups in total. The van der Waals surface area contributed by atoms with Gasteiger partial charge in [-0.3, -0.25) is 9.59 Å². The third-order valence-electron chi connectivity index (χ3n) is 8.84. The van der Waals surface area contributed by atoms with Gasteiger partial charge in [-0.2, -0.15) is 0 Å². The number of carboxylic acids is 1. The van der Waals surface area contributed by atoms with Gasteiger partial charge >= 0.3 is 5.97 Å². The summed E-state index contributed by atoms with van der Waals surface area (Å²) in [5, 5.41) is 9.12. The van der Waals surface area contributed by atoms with Crippen molar-refractivity contribution in [3.8, 4) is 0 Å². The molecule has 3 saturated carbocycles. The van der Waals surface area contributed by atoms with E-state index in [9.17, 15) is 9.59 Å². The van der Waals surface area contributed by atoms with Crippen molar-refractivity contribution >= 4 is 11.8 Å². The van der Waals surface area contributed by atoms with Crippen molar-refractivity contribution in [3.05, 3.63) is 23.8 Å². The smallest absolute Gasteiger partial charge is 0.303 e. The zero-order valence-electron chi connectivity index (χ0n) is 16.2. The van der Waals surface area contributed by atoms with Crippen LogP contribution in [0.4, 0.5) is 0 Å². The summed E-state index contributed by atoms with van der Waals surface area (Å²) in [7, 11) is 0. The summed E-state index contributed by atoms with van der Waals surface area (Å²) < 4.78 is 0. The SMILES string of the molecule is C=C1CC2=CC(=O)CC[C@]2(C)[C@H]2CC[C@]3(C)[C@@H](CCC(=O)O)CC[C@H]3[C@H]12. The third kappa shape index (κ3) is 2.53. The second kappa shape index (κ2) is 6.07. The number of fused-ring (bicyclic) bond motifs is 5. The molecule has 3 heteroatoms. The molecule has 0 aromatic rings. The predicted molar refractivity (Wildman–Crippen MR) is 102 cm³/mol. The zero-order chi connectivity index (χ0) is 18.7. The van der Waals surface area contributed by atoms with Crippen molar-refractivity contribution in [1.29, 1.82) is 0 Å². The van der Waals surface area contributed by atoms with Crippen LogP contribution in [0, 0.1) is 34.5 Å². The molecule has 0 amide bonds. The summed E-state index contributed by atoms with van der Waals surface area (Å²) in [4.78, 5) is 23.1.